The summed E-state index contributed by atoms with van der Waals surface area (Å²) in [5, 5.41) is 14.5. The van der Waals surface area contributed by atoms with Crippen molar-refractivity contribution in [3.63, 3.8) is 0 Å². The van der Waals surface area contributed by atoms with E-state index in [1.807, 2.05) is 36.6 Å². The van der Waals surface area contributed by atoms with Crippen molar-refractivity contribution in [3.8, 4) is 6.07 Å². The zero-order chi connectivity index (χ0) is 18.8. The second-order valence-electron chi connectivity index (χ2n) is 7.22. The molecule has 0 bridgehead atoms. The van der Waals surface area contributed by atoms with Crippen LogP contribution in [0, 0.1) is 16.7 Å². The molecule has 25 heavy (non-hydrogen) atoms. The van der Waals surface area contributed by atoms with Crippen LogP contribution in [0.2, 0.25) is 0 Å². The number of carbonyl (C=O) groups is 1. The van der Waals surface area contributed by atoms with Gasteiger partial charge in [-0.25, -0.2) is 13.6 Å². The molecule has 136 valence electrons. The number of hydrogen-bond acceptors (Lipinski definition) is 5. The topological polar surface area (TPSA) is 108 Å². The second kappa shape index (κ2) is 7.02. The normalized spacial score (nSPS) is 16.3. The quantitative estimate of drug-likeness (QED) is 0.851. The van der Waals surface area contributed by atoms with Gasteiger partial charge in [0.25, 0.3) is 0 Å². The number of nitrogens with two attached hydrogens (primary N) is 1. The van der Waals surface area contributed by atoms with Crippen molar-refractivity contribution < 1.29 is 13.2 Å². The SMILES string of the molecule is CC(C)(C)C(=O)N1CCCN(c2ccc(S(N)(=O)=O)cc2C#N)CC1. The Labute approximate surface area is 149 Å². The van der Waals surface area contributed by atoms with Crippen molar-refractivity contribution in [1.29, 1.82) is 5.26 Å². The van der Waals surface area contributed by atoms with Crippen LogP contribution in [0.4, 0.5) is 5.69 Å². The number of amides is 1. The highest BCUT2D eigenvalue weighted by molar-refractivity contribution is 7.89. The number of carbonyl (C=O) groups excluding carboxylic acids is 1. The van der Waals surface area contributed by atoms with Crippen molar-refractivity contribution in [3.05, 3.63) is 23.8 Å². The Kier molecular flexibility index (Phi) is 5.40. The Morgan fingerprint density at radius 2 is 1.88 bits per heavy atom. The number of anilines is 1. The minimum atomic E-state index is -3.85. The molecule has 1 saturated heterocycles. The molecule has 0 radical (unpaired) electrons. The molecule has 1 aromatic rings. The van der Waals surface area contributed by atoms with Gasteiger partial charge in [0.05, 0.1) is 16.1 Å². The zero-order valence-electron chi connectivity index (χ0n) is 14.8. The van der Waals surface area contributed by atoms with E-state index in [1.165, 1.54) is 12.1 Å². The number of sulfonamides is 1. The maximum absolute atomic E-state index is 12.5. The summed E-state index contributed by atoms with van der Waals surface area (Å²) in [6.45, 7) is 8.22. The molecule has 1 amide bonds. The molecule has 7 nitrogen and oxygen atoms in total. The number of nitrogens with zero attached hydrogens (tertiary/aromatic N) is 3. The highest BCUT2D eigenvalue weighted by Crippen LogP contribution is 2.25. The fourth-order valence-electron chi connectivity index (χ4n) is 2.89. The van der Waals surface area contributed by atoms with Gasteiger partial charge in [-0.1, -0.05) is 20.8 Å². The van der Waals surface area contributed by atoms with Gasteiger partial charge in [-0.2, -0.15) is 5.26 Å². The third-order valence-corrected chi connectivity index (χ3v) is 5.09. The fourth-order valence-corrected chi connectivity index (χ4v) is 3.43. The van der Waals surface area contributed by atoms with E-state index >= 15 is 0 Å². The highest BCUT2D eigenvalue weighted by atomic mass is 32.2. The summed E-state index contributed by atoms with van der Waals surface area (Å²) < 4.78 is 22.9. The van der Waals surface area contributed by atoms with Crippen molar-refractivity contribution in [2.45, 2.75) is 32.1 Å². The minimum absolute atomic E-state index is 0.0767. The second-order valence-corrected chi connectivity index (χ2v) is 8.78. The van der Waals surface area contributed by atoms with Gasteiger partial charge in [-0.15, -0.1) is 0 Å². The average molecular weight is 364 g/mol. The van der Waals surface area contributed by atoms with E-state index in [1.54, 1.807) is 6.07 Å². The zero-order valence-corrected chi connectivity index (χ0v) is 15.6. The first-order chi connectivity index (χ1) is 11.5. The lowest BCUT2D eigenvalue weighted by molar-refractivity contribution is -0.139. The van der Waals surface area contributed by atoms with Crippen LogP contribution in [0.5, 0.6) is 0 Å². The predicted octanol–water partition coefficient (Wildman–Crippen LogP) is 1.29. The molecule has 2 rings (SSSR count). The van der Waals surface area contributed by atoms with E-state index in [9.17, 15) is 18.5 Å². The molecule has 0 aliphatic carbocycles. The summed E-state index contributed by atoms with van der Waals surface area (Å²) in [5.41, 5.74) is 0.506. The van der Waals surface area contributed by atoms with Crippen molar-refractivity contribution >= 4 is 21.6 Å². The number of primary sulfonamides is 1. The van der Waals surface area contributed by atoms with Gasteiger partial charge in [0.1, 0.15) is 6.07 Å². The molecule has 8 heteroatoms. The number of hydrogen-bond donors (Lipinski definition) is 1. The largest absolute Gasteiger partial charge is 0.369 e. The lowest BCUT2D eigenvalue weighted by Crippen LogP contribution is -2.41. The third kappa shape index (κ3) is 4.50. The molecule has 0 unspecified atom stereocenters. The number of rotatable bonds is 2. The molecule has 0 atom stereocenters. The van der Waals surface area contributed by atoms with Crippen LogP contribution in [-0.2, 0) is 14.8 Å². The van der Waals surface area contributed by atoms with Gasteiger partial charge in [0.15, 0.2) is 0 Å². The first kappa shape index (κ1) is 19.2. The Morgan fingerprint density at radius 3 is 2.44 bits per heavy atom. The first-order valence-electron chi connectivity index (χ1n) is 8.15. The summed E-state index contributed by atoms with van der Waals surface area (Å²) in [7, 11) is -3.85. The van der Waals surface area contributed by atoms with Gasteiger partial charge in [-0.3, -0.25) is 4.79 Å². The van der Waals surface area contributed by atoms with Gasteiger partial charge in [0, 0.05) is 31.6 Å². The summed E-state index contributed by atoms with van der Waals surface area (Å²) in [6, 6.07) is 6.36. The van der Waals surface area contributed by atoms with Crippen LogP contribution in [-0.4, -0.2) is 45.4 Å². The Balaban J connectivity index is 2.23. The molecular formula is C17H24N4O3S. The monoisotopic (exact) mass is 364 g/mol. The summed E-state index contributed by atoms with van der Waals surface area (Å²) in [4.78, 5) is 16.3. The van der Waals surface area contributed by atoms with Crippen LogP contribution in [0.25, 0.3) is 0 Å². The number of nitriles is 1. The smallest absolute Gasteiger partial charge is 0.238 e. The lowest BCUT2D eigenvalue weighted by Gasteiger charge is -2.29. The van der Waals surface area contributed by atoms with Gasteiger partial charge in [-0.05, 0) is 24.6 Å². The number of benzene rings is 1. The summed E-state index contributed by atoms with van der Waals surface area (Å²) in [5.74, 6) is 0.111. The fraction of sp³-hybridized carbons (Fsp3) is 0.529. The van der Waals surface area contributed by atoms with E-state index in [0.717, 1.165) is 6.42 Å². The lowest BCUT2D eigenvalue weighted by atomic mass is 9.94. The molecule has 1 aromatic carbocycles. The van der Waals surface area contributed by atoms with E-state index in [-0.39, 0.29) is 16.4 Å². The molecule has 1 fully saturated rings. The minimum Gasteiger partial charge on any atom is -0.369 e. The van der Waals surface area contributed by atoms with Crippen LogP contribution in [0.3, 0.4) is 0 Å². The third-order valence-electron chi connectivity index (χ3n) is 4.18. The van der Waals surface area contributed by atoms with Gasteiger partial charge < -0.3 is 9.80 Å². The molecule has 1 aliphatic heterocycles. The predicted molar refractivity (Wildman–Crippen MR) is 95.4 cm³/mol. The molecule has 1 aliphatic rings. The van der Waals surface area contributed by atoms with Gasteiger partial charge >= 0.3 is 0 Å². The summed E-state index contributed by atoms with van der Waals surface area (Å²) >= 11 is 0. The van der Waals surface area contributed by atoms with E-state index in [4.69, 9.17) is 5.14 Å². The van der Waals surface area contributed by atoms with Crippen LogP contribution >= 0.6 is 0 Å². The molecule has 0 saturated carbocycles. The Bertz CT molecular complexity index is 806. The Hall–Kier alpha value is -2.11. The van der Waals surface area contributed by atoms with Crippen molar-refractivity contribution in [2.24, 2.45) is 10.6 Å². The molecule has 1 heterocycles. The van der Waals surface area contributed by atoms with Crippen LogP contribution in [0.1, 0.15) is 32.8 Å². The van der Waals surface area contributed by atoms with Crippen LogP contribution in [0.15, 0.2) is 23.1 Å². The van der Waals surface area contributed by atoms with Gasteiger partial charge in [0.2, 0.25) is 15.9 Å². The van der Waals surface area contributed by atoms with E-state index in [2.05, 4.69) is 0 Å². The van der Waals surface area contributed by atoms with Crippen molar-refractivity contribution in [1.82, 2.24) is 4.90 Å². The molecule has 0 aromatic heterocycles. The van der Waals surface area contributed by atoms with Crippen LogP contribution < -0.4 is 10.0 Å². The Morgan fingerprint density at radius 1 is 1.20 bits per heavy atom. The molecular weight excluding hydrogens is 340 g/mol. The van der Waals surface area contributed by atoms with E-state index < -0.39 is 15.4 Å². The highest BCUT2D eigenvalue weighted by Gasteiger charge is 2.29. The molecule has 0 spiro atoms. The standard InChI is InChI=1S/C17H24N4O3S/c1-17(2,3)16(22)21-8-4-7-20(9-10-21)15-6-5-14(25(19,23)24)11-13(15)12-18/h5-6,11H,4,7-10H2,1-3H3,(H2,19,23,24). The van der Waals surface area contributed by atoms with Crippen molar-refractivity contribution in [2.75, 3.05) is 31.1 Å². The average Bonchev–Trinajstić information content (AvgIpc) is 2.77. The maximum atomic E-state index is 12.5. The first-order valence-corrected chi connectivity index (χ1v) is 9.70. The van der Waals surface area contributed by atoms with E-state index in [0.29, 0.717) is 31.9 Å². The molecule has 2 N–H and O–H groups in total. The maximum Gasteiger partial charge on any atom is 0.238 e. The summed E-state index contributed by atoms with van der Waals surface area (Å²) in [6.07, 6.45) is 0.781.